The third kappa shape index (κ3) is 3.11. The zero-order chi connectivity index (χ0) is 20.1. The lowest BCUT2D eigenvalue weighted by Gasteiger charge is -2.33. The maximum absolute atomic E-state index is 14.2. The van der Waals surface area contributed by atoms with Crippen LogP contribution in [0.5, 0.6) is 5.75 Å². The number of aromatic hydroxyl groups is 1. The van der Waals surface area contributed by atoms with E-state index in [1.165, 1.54) is 16.6 Å². The van der Waals surface area contributed by atoms with Crippen LogP contribution in [0.2, 0.25) is 0 Å². The Hall–Kier alpha value is -2.93. The molecule has 0 radical (unpaired) electrons. The molecule has 1 aromatic carbocycles. The van der Waals surface area contributed by atoms with Crippen LogP contribution in [0.15, 0.2) is 18.2 Å². The summed E-state index contributed by atoms with van der Waals surface area (Å²) in [6.07, 6.45) is 1.17. The van der Waals surface area contributed by atoms with Crippen molar-refractivity contribution in [3.05, 3.63) is 29.8 Å². The van der Waals surface area contributed by atoms with Crippen LogP contribution in [0.25, 0.3) is 16.9 Å². The zero-order valence-corrected chi connectivity index (χ0v) is 15.4. The summed E-state index contributed by atoms with van der Waals surface area (Å²) in [6, 6.07) is 4.03. The fourth-order valence-corrected chi connectivity index (χ4v) is 3.84. The number of halogens is 2. The molecule has 0 atom stereocenters. The van der Waals surface area contributed by atoms with Gasteiger partial charge in [0.05, 0.1) is 6.26 Å². The first-order chi connectivity index (χ1) is 13.3. The van der Waals surface area contributed by atoms with E-state index in [1.807, 2.05) is 4.90 Å². The summed E-state index contributed by atoms with van der Waals surface area (Å²) in [5, 5.41) is 25.0. The Morgan fingerprint density at radius 2 is 1.68 bits per heavy atom. The average Bonchev–Trinajstić information content (AvgIpc) is 3.09. The highest BCUT2D eigenvalue weighted by Gasteiger charge is 2.25. The highest BCUT2D eigenvalue weighted by molar-refractivity contribution is 7.88. The van der Waals surface area contributed by atoms with Crippen molar-refractivity contribution in [2.45, 2.75) is 0 Å². The highest BCUT2D eigenvalue weighted by atomic mass is 32.2. The van der Waals surface area contributed by atoms with Crippen LogP contribution in [0.4, 0.5) is 14.6 Å². The largest absolute Gasteiger partial charge is 0.503 e. The molecule has 1 fully saturated rings. The third-order valence-corrected chi connectivity index (χ3v) is 5.79. The molecule has 2 aromatic heterocycles. The second-order valence-corrected chi connectivity index (χ2v) is 8.27. The van der Waals surface area contributed by atoms with Gasteiger partial charge in [0.1, 0.15) is 11.0 Å². The molecule has 148 valence electrons. The van der Waals surface area contributed by atoms with Gasteiger partial charge in [-0.15, -0.1) is 15.3 Å². The van der Waals surface area contributed by atoms with Crippen molar-refractivity contribution in [3.63, 3.8) is 0 Å². The third-order valence-electron chi connectivity index (χ3n) is 4.49. The zero-order valence-electron chi connectivity index (χ0n) is 14.6. The van der Waals surface area contributed by atoms with Crippen molar-refractivity contribution < 1.29 is 22.3 Å². The van der Waals surface area contributed by atoms with E-state index in [-0.39, 0.29) is 16.9 Å². The quantitative estimate of drug-likeness (QED) is 0.653. The van der Waals surface area contributed by atoms with E-state index in [4.69, 9.17) is 0 Å². The van der Waals surface area contributed by atoms with Crippen LogP contribution >= 0.6 is 0 Å². The van der Waals surface area contributed by atoms with Gasteiger partial charge in [-0.1, -0.05) is 5.21 Å². The van der Waals surface area contributed by atoms with Crippen LogP contribution in [-0.4, -0.2) is 75.5 Å². The van der Waals surface area contributed by atoms with Gasteiger partial charge in [0.2, 0.25) is 10.0 Å². The predicted octanol–water partition coefficient (Wildman–Crippen LogP) is 0.276. The molecule has 1 saturated heterocycles. The second kappa shape index (κ2) is 6.60. The molecule has 4 rings (SSSR count). The molecule has 3 aromatic rings. The van der Waals surface area contributed by atoms with E-state index < -0.39 is 27.4 Å². The van der Waals surface area contributed by atoms with Gasteiger partial charge in [-0.2, -0.15) is 8.99 Å². The maximum Gasteiger partial charge on any atom is 0.211 e. The average molecular weight is 411 g/mol. The SMILES string of the molecule is CS(=O)(=O)N1CCN(c2ccc(-n3nnc4cc(F)c(O)c(F)c43)nn2)CC1. The Labute approximate surface area is 158 Å². The minimum Gasteiger partial charge on any atom is -0.503 e. The summed E-state index contributed by atoms with van der Waals surface area (Å²) in [7, 11) is -3.23. The number of fused-ring (bicyclic) bond motifs is 1. The van der Waals surface area contributed by atoms with Crippen molar-refractivity contribution in [1.82, 2.24) is 29.5 Å². The van der Waals surface area contributed by atoms with Crippen molar-refractivity contribution >= 4 is 26.9 Å². The lowest BCUT2D eigenvalue weighted by atomic mass is 10.2. The molecule has 28 heavy (non-hydrogen) atoms. The first-order valence-corrected chi connectivity index (χ1v) is 10.1. The van der Waals surface area contributed by atoms with Gasteiger partial charge in [-0.25, -0.2) is 17.2 Å². The number of piperazine rings is 1. The summed E-state index contributed by atoms with van der Waals surface area (Å²) >= 11 is 0. The van der Waals surface area contributed by atoms with E-state index >= 15 is 0 Å². The molecule has 0 aliphatic carbocycles. The molecule has 0 unspecified atom stereocenters. The molecular weight excluding hydrogens is 396 g/mol. The van der Waals surface area contributed by atoms with Gasteiger partial charge < -0.3 is 10.0 Å². The Kier molecular flexibility index (Phi) is 4.34. The molecular formula is C15H15F2N7O3S. The molecule has 10 nitrogen and oxygen atoms in total. The van der Waals surface area contributed by atoms with Gasteiger partial charge in [-0.3, -0.25) is 0 Å². The first kappa shape index (κ1) is 18.4. The van der Waals surface area contributed by atoms with E-state index in [0.29, 0.717) is 32.0 Å². The molecule has 1 aliphatic heterocycles. The number of hydrogen-bond donors (Lipinski definition) is 1. The van der Waals surface area contributed by atoms with Crippen molar-refractivity contribution in [3.8, 4) is 11.6 Å². The topological polar surface area (TPSA) is 117 Å². The number of hydrogen-bond acceptors (Lipinski definition) is 8. The summed E-state index contributed by atoms with van der Waals surface area (Å²) in [6.45, 7) is 1.59. The minimum absolute atomic E-state index is 0.0735. The molecule has 3 heterocycles. The number of anilines is 1. The minimum atomic E-state index is -3.23. The molecule has 0 bridgehead atoms. The molecule has 1 aliphatic rings. The van der Waals surface area contributed by atoms with E-state index in [1.54, 1.807) is 6.07 Å². The monoisotopic (exact) mass is 411 g/mol. The smallest absolute Gasteiger partial charge is 0.211 e. The van der Waals surface area contributed by atoms with Gasteiger partial charge in [0, 0.05) is 32.2 Å². The van der Waals surface area contributed by atoms with E-state index in [2.05, 4.69) is 20.5 Å². The molecule has 0 saturated carbocycles. The summed E-state index contributed by atoms with van der Waals surface area (Å²) in [5.41, 5.74) is -0.293. The van der Waals surface area contributed by atoms with Crippen molar-refractivity contribution in [2.24, 2.45) is 0 Å². The van der Waals surface area contributed by atoms with Gasteiger partial charge in [-0.05, 0) is 12.1 Å². The van der Waals surface area contributed by atoms with Gasteiger partial charge in [0.25, 0.3) is 0 Å². The van der Waals surface area contributed by atoms with Crippen LogP contribution in [0, 0.1) is 11.6 Å². The Morgan fingerprint density at radius 3 is 2.29 bits per heavy atom. The summed E-state index contributed by atoms with van der Waals surface area (Å²) < 4.78 is 53.2. The number of rotatable bonds is 3. The normalized spacial score (nSPS) is 16.0. The fourth-order valence-electron chi connectivity index (χ4n) is 3.01. The standard InChI is InChI=1S/C15H15F2N7O3S/c1-28(26,27)23-6-4-22(5-7-23)11-2-3-12(20-19-11)24-14-10(18-21-24)8-9(16)15(25)13(14)17/h2-3,8,25H,4-7H2,1H3. The number of benzene rings is 1. The molecule has 0 spiro atoms. The van der Waals surface area contributed by atoms with E-state index in [0.717, 1.165) is 10.7 Å². The number of phenols is 1. The number of aromatic nitrogens is 5. The lowest BCUT2D eigenvalue weighted by molar-refractivity contribution is 0.386. The first-order valence-electron chi connectivity index (χ1n) is 8.22. The molecule has 0 amide bonds. The second-order valence-electron chi connectivity index (χ2n) is 6.29. The Balaban J connectivity index is 1.60. The van der Waals surface area contributed by atoms with Crippen LogP contribution < -0.4 is 4.90 Å². The van der Waals surface area contributed by atoms with Crippen LogP contribution in [0.1, 0.15) is 0 Å². The van der Waals surface area contributed by atoms with Gasteiger partial charge in [0.15, 0.2) is 29.0 Å². The van der Waals surface area contributed by atoms with Crippen molar-refractivity contribution in [1.29, 1.82) is 0 Å². The van der Waals surface area contributed by atoms with Crippen LogP contribution in [0.3, 0.4) is 0 Å². The highest BCUT2D eigenvalue weighted by Crippen LogP contribution is 2.28. The number of nitrogens with zero attached hydrogens (tertiary/aromatic N) is 7. The maximum atomic E-state index is 14.2. The Morgan fingerprint density at radius 1 is 1.04 bits per heavy atom. The van der Waals surface area contributed by atoms with E-state index in [9.17, 15) is 22.3 Å². The summed E-state index contributed by atoms with van der Waals surface area (Å²) in [4.78, 5) is 1.87. The summed E-state index contributed by atoms with van der Waals surface area (Å²) in [5.74, 6) is -2.79. The van der Waals surface area contributed by atoms with Crippen molar-refractivity contribution in [2.75, 3.05) is 37.3 Å². The molecule has 13 heteroatoms. The number of phenolic OH excluding ortho intramolecular Hbond substituents is 1. The molecule has 1 N–H and O–H groups in total. The fraction of sp³-hybridized carbons (Fsp3) is 0.333. The predicted molar refractivity (Wildman–Crippen MR) is 94.7 cm³/mol. The van der Waals surface area contributed by atoms with Crippen LogP contribution in [-0.2, 0) is 10.0 Å². The van der Waals surface area contributed by atoms with Gasteiger partial charge >= 0.3 is 0 Å². The lowest BCUT2D eigenvalue weighted by Crippen LogP contribution is -2.48. The Bertz CT molecular complexity index is 1140. The number of sulfonamides is 1.